The second kappa shape index (κ2) is 7.17. The summed E-state index contributed by atoms with van der Waals surface area (Å²) in [5, 5.41) is 10.4. The summed E-state index contributed by atoms with van der Waals surface area (Å²) >= 11 is 0. The molecule has 0 saturated carbocycles. The molecule has 2 aromatic rings. The summed E-state index contributed by atoms with van der Waals surface area (Å²) in [6.45, 7) is 2.51. The lowest BCUT2D eigenvalue weighted by atomic mass is 9.91. The Morgan fingerprint density at radius 3 is 2.75 bits per heavy atom. The van der Waals surface area contributed by atoms with Crippen molar-refractivity contribution in [2.75, 3.05) is 6.54 Å². The number of aryl methyl sites for hydroxylation is 2. The van der Waals surface area contributed by atoms with Gasteiger partial charge in [-0.1, -0.05) is 35.9 Å². The van der Waals surface area contributed by atoms with Crippen molar-refractivity contribution in [1.82, 2.24) is 4.98 Å². The van der Waals surface area contributed by atoms with E-state index in [1.807, 2.05) is 12.1 Å². The summed E-state index contributed by atoms with van der Waals surface area (Å²) in [6.07, 6.45) is 4.65. The van der Waals surface area contributed by atoms with Crippen LogP contribution in [-0.4, -0.2) is 22.7 Å². The molecule has 2 unspecified atom stereocenters. The van der Waals surface area contributed by atoms with Gasteiger partial charge in [-0.05, 0) is 37.0 Å². The molecule has 0 fully saturated rings. The lowest BCUT2D eigenvalue weighted by molar-refractivity contribution is 0.136. The molecule has 0 aliphatic carbocycles. The van der Waals surface area contributed by atoms with E-state index in [2.05, 4.69) is 36.2 Å². The van der Waals surface area contributed by atoms with Gasteiger partial charge in [0.1, 0.15) is 0 Å². The summed E-state index contributed by atoms with van der Waals surface area (Å²) in [4.78, 5) is 4.10. The molecule has 3 heteroatoms. The minimum Gasteiger partial charge on any atom is -0.392 e. The summed E-state index contributed by atoms with van der Waals surface area (Å²) in [5.41, 5.74) is 9.32. The zero-order valence-corrected chi connectivity index (χ0v) is 11.9. The molecule has 1 aromatic heterocycles. The molecule has 0 radical (unpaired) electrons. The highest BCUT2D eigenvalue weighted by atomic mass is 16.3. The highest BCUT2D eigenvalue weighted by Crippen LogP contribution is 2.21. The van der Waals surface area contributed by atoms with Gasteiger partial charge in [0.05, 0.1) is 6.10 Å². The maximum Gasteiger partial charge on any atom is 0.0624 e. The second-order valence-electron chi connectivity index (χ2n) is 5.22. The van der Waals surface area contributed by atoms with Crippen molar-refractivity contribution in [3.05, 3.63) is 65.5 Å². The van der Waals surface area contributed by atoms with Crippen LogP contribution in [0.4, 0.5) is 0 Å². The number of aromatic nitrogens is 1. The first-order valence-electron chi connectivity index (χ1n) is 7.04. The SMILES string of the molecule is Cc1cccc(CCC(O)C(CN)c2cccnc2)c1. The fraction of sp³-hybridized carbons (Fsp3) is 0.353. The van der Waals surface area contributed by atoms with Crippen LogP contribution in [0.3, 0.4) is 0 Å². The van der Waals surface area contributed by atoms with Crippen LogP contribution in [0.15, 0.2) is 48.8 Å². The smallest absolute Gasteiger partial charge is 0.0624 e. The first-order chi connectivity index (χ1) is 9.70. The number of hydrogen-bond acceptors (Lipinski definition) is 3. The number of aliphatic hydroxyl groups excluding tert-OH is 1. The molecule has 0 aliphatic rings. The van der Waals surface area contributed by atoms with E-state index in [0.717, 1.165) is 12.0 Å². The average molecular weight is 270 g/mol. The maximum atomic E-state index is 10.4. The number of rotatable bonds is 6. The van der Waals surface area contributed by atoms with Crippen LogP contribution in [0, 0.1) is 6.92 Å². The van der Waals surface area contributed by atoms with Crippen molar-refractivity contribution in [1.29, 1.82) is 0 Å². The van der Waals surface area contributed by atoms with E-state index in [1.54, 1.807) is 12.4 Å². The largest absolute Gasteiger partial charge is 0.392 e. The van der Waals surface area contributed by atoms with Crippen LogP contribution in [0.5, 0.6) is 0 Å². The van der Waals surface area contributed by atoms with Crippen molar-refractivity contribution in [2.24, 2.45) is 5.73 Å². The Morgan fingerprint density at radius 1 is 1.25 bits per heavy atom. The third-order valence-corrected chi connectivity index (χ3v) is 3.64. The predicted molar refractivity (Wildman–Crippen MR) is 81.5 cm³/mol. The number of benzene rings is 1. The van der Waals surface area contributed by atoms with Crippen LogP contribution in [0.2, 0.25) is 0 Å². The van der Waals surface area contributed by atoms with Gasteiger partial charge in [-0.3, -0.25) is 4.98 Å². The van der Waals surface area contributed by atoms with E-state index in [0.29, 0.717) is 13.0 Å². The van der Waals surface area contributed by atoms with E-state index < -0.39 is 6.10 Å². The average Bonchev–Trinajstić information content (AvgIpc) is 2.47. The molecule has 2 atom stereocenters. The van der Waals surface area contributed by atoms with Gasteiger partial charge >= 0.3 is 0 Å². The number of pyridine rings is 1. The molecule has 2 rings (SSSR count). The van der Waals surface area contributed by atoms with Crippen LogP contribution in [0.25, 0.3) is 0 Å². The van der Waals surface area contributed by atoms with Gasteiger partial charge in [-0.15, -0.1) is 0 Å². The molecule has 1 heterocycles. The molecule has 3 nitrogen and oxygen atoms in total. The molecule has 0 bridgehead atoms. The Kier molecular flexibility index (Phi) is 5.27. The first-order valence-corrected chi connectivity index (χ1v) is 7.04. The van der Waals surface area contributed by atoms with Gasteiger partial charge in [0, 0.05) is 24.9 Å². The molecule has 0 spiro atoms. The van der Waals surface area contributed by atoms with Crippen LogP contribution in [-0.2, 0) is 6.42 Å². The summed E-state index contributed by atoms with van der Waals surface area (Å²) in [5.74, 6) is -0.0477. The van der Waals surface area contributed by atoms with Crippen molar-refractivity contribution in [3.8, 4) is 0 Å². The topological polar surface area (TPSA) is 59.1 Å². The molecule has 106 valence electrons. The Bertz CT molecular complexity index is 528. The minimum atomic E-state index is -0.440. The highest BCUT2D eigenvalue weighted by Gasteiger charge is 2.19. The fourth-order valence-electron chi connectivity index (χ4n) is 2.49. The van der Waals surface area contributed by atoms with Crippen molar-refractivity contribution in [3.63, 3.8) is 0 Å². The van der Waals surface area contributed by atoms with Gasteiger partial charge in [-0.25, -0.2) is 0 Å². The number of nitrogens with two attached hydrogens (primary N) is 1. The molecule has 3 N–H and O–H groups in total. The van der Waals surface area contributed by atoms with Gasteiger partial charge in [0.2, 0.25) is 0 Å². The fourth-order valence-corrected chi connectivity index (χ4v) is 2.49. The van der Waals surface area contributed by atoms with Gasteiger partial charge in [0.15, 0.2) is 0 Å². The van der Waals surface area contributed by atoms with Crippen LogP contribution < -0.4 is 5.73 Å². The Labute approximate surface area is 120 Å². The van der Waals surface area contributed by atoms with Crippen molar-refractivity contribution < 1.29 is 5.11 Å². The summed E-state index contributed by atoms with van der Waals surface area (Å²) in [6, 6.07) is 12.2. The van der Waals surface area contributed by atoms with Gasteiger partial charge in [-0.2, -0.15) is 0 Å². The Hall–Kier alpha value is -1.71. The van der Waals surface area contributed by atoms with E-state index in [4.69, 9.17) is 5.73 Å². The standard InChI is InChI=1S/C17H22N2O/c1-13-4-2-5-14(10-13)7-8-17(20)16(11-18)15-6-3-9-19-12-15/h2-6,9-10,12,16-17,20H,7-8,11,18H2,1H3. The van der Waals surface area contributed by atoms with E-state index >= 15 is 0 Å². The zero-order chi connectivity index (χ0) is 14.4. The highest BCUT2D eigenvalue weighted by molar-refractivity contribution is 5.23. The Balaban J connectivity index is 1.98. The number of aliphatic hydroxyl groups is 1. The van der Waals surface area contributed by atoms with Crippen LogP contribution >= 0.6 is 0 Å². The van der Waals surface area contributed by atoms with Crippen molar-refractivity contribution >= 4 is 0 Å². The van der Waals surface area contributed by atoms with Crippen LogP contribution in [0.1, 0.15) is 29.0 Å². The van der Waals surface area contributed by atoms with Crippen molar-refractivity contribution in [2.45, 2.75) is 31.8 Å². The lowest BCUT2D eigenvalue weighted by Crippen LogP contribution is -2.26. The monoisotopic (exact) mass is 270 g/mol. The lowest BCUT2D eigenvalue weighted by Gasteiger charge is -2.21. The van der Waals surface area contributed by atoms with E-state index in [9.17, 15) is 5.11 Å². The summed E-state index contributed by atoms with van der Waals surface area (Å²) < 4.78 is 0. The van der Waals surface area contributed by atoms with E-state index in [1.165, 1.54) is 11.1 Å². The predicted octanol–water partition coefficient (Wildman–Crippen LogP) is 2.43. The minimum absolute atomic E-state index is 0.0477. The third-order valence-electron chi connectivity index (χ3n) is 3.64. The van der Waals surface area contributed by atoms with E-state index in [-0.39, 0.29) is 5.92 Å². The molecular weight excluding hydrogens is 248 g/mol. The molecule has 0 saturated heterocycles. The molecule has 0 aliphatic heterocycles. The zero-order valence-electron chi connectivity index (χ0n) is 11.9. The molecule has 1 aromatic carbocycles. The first kappa shape index (κ1) is 14.7. The molecule has 0 amide bonds. The normalized spacial score (nSPS) is 13.9. The summed E-state index contributed by atoms with van der Waals surface area (Å²) in [7, 11) is 0. The second-order valence-corrected chi connectivity index (χ2v) is 5.22. The number of nitrogens with zero attached hydrogens (tertiary/aromatic N) is 1. The Morgan fingerprint density at radius 2 is 2.10 bits per heavy atom. The third kappa shape index (κ3) is 3.89. The molecular formula is C17H22N2O. The maximum absolute atomic E-state index is 10.4. The number of hydrogen-bond donors (Lipinski definition) is 2. The van der Waals surface area contributed by atoms with Gasteiger partial charge < -0.3 is 10.8 Å². The molecule has 20 heavy (non-hydrogen) atoms. The van der Waals surface area contributed by atoms with Gasteiger partial charge in [0.25, 0.3) is 0 Å². The quantitative estimate of drug-likeness (QED) is 0.847.